The second-order valence-electron chi connectivity index (χ2n) is 7.52. The van der Waals surface area contributed by atoms with Crippen LogP contribution < -0.4 is 28.4 Å². The van der Waals surface area contributed by atoms with E-state index in [1.807, 2.05) is 35.2 Å². The number of nitrogens with zero attached hydrogens (tertiary/aromatic N) is 1. The summed E-state index contributed by atoms with van der Waals surface area (Å²) in [4.78, 5) is 15.2. The fraction of sp³-hybridized carbons (Fsp3) is 0.435. The highest BCUT2D eigenvalue weighted by Crippen LogP contribution is 2.24. The lowest BCUT2D eigenvalue weighted by molar-refractivity contribution is -0.481. The zero-order valence-electron chi connectivity index (χ0n) is 17.3. The summed E-state index contributed by atoms with van der Waals surface area (Å²) in [5.41, 5.74) is 12.8. The quantitative estimate of drug-likeness (QED) is 0.563. The first-order valence-electron chi connectivity index (χ1n) is 9.97. The van der Waals surface area contributed by atoms with Gasteiger partial charge in [0.1, 0.15) is 0 Å². The van der Waals surface area contributed by atoms with Crippen LogP contribution in [0.1, 0.15) is 68.4 Å². The number of hydrogen-bond acceptors (Lipinski definition) is 2. The summed E-state index contributed by atoms with van der Waals surface area (Å²) in [6.45, 7) is 7.21. The number of carbonyl (C=O) groups is 1. The van der Waals surface area contributed by atoms with Gasteiger partial charge in [0.15, 0.2) is 0 Å². The van der Waals surface area contributed by atoms with Gasteiger partial charge in [0, 0.05) is 24.2 Å². The van der Waals surface area contributed by atoms with E-state index in [1.165, 1.54) is 0 Å². The van der Waals surface area contributed by atoms with Crippen molar-refractivity contribution >= 4 is 11.6 Å². The molecule has 0 saturated carbocycles. The van der Waals surface area contributed by atoms with E-state index >= 15 is 0 Å². The number of nitrogen functional groups attached to an aromatic ring is 1. The summed E-state index contributed by atoms with van der Waals surface area (Å²) < 4.78 is 0. The zero-order chi connectivity index (χ0) is 19.9. The summed E-state index contributed by atoms with van der Waals surface area (Å²) in [6.07, 6.45) is 4.09. The monoisotopic (exact) mass is 447 g/mol. The molecule has 0 aromatic heterocycles. The molecule has 2 aromatic carbocycles. The van der Waals surface area contributed by atoms with E-state index in [4.69, 9.17) is 5.73 Å². The van der Waals surface area contributed by atoms with Gasteiger partial charge in [-0.3, -0.25) is 4.79 Å². The predicted molar refractivity (Wildman–Crippen MR) is 112 cm³/mol. The lowest BCUT2D eigenvalue weighted by Crippen LogP contribution is -3.00. The number of rotatable bonds is 9. The molecule has 5 heteroatoms. The van der Waals surface area contributed by atoms with E-state index in [2.05, 4.69) is 38.6 Å². The third-order valence-electron chi connectivity index (χ3n) is 5.77. The average molecular weight is 448 g/mol. The van der Waals surface area contributed by atoms with Crippen LogP contribution in [-0.4, -0.2) is 22.9 Å². The molecule has 0 aliphatic carbocycles. The average Bonchev–Trinajstić information content (AvgIpc) is 2.71. The van der Waals surface area contributed by atoms with Gasteiger partial charge in [-0.05, 0) is 56.0 Å². The lowest BCUT2D eigenvalue weighted by Gasteiger charge is -2.31. The molecular weight excluding hydrogens is 414 g/mol. The number of nitrogens with two attached hydrogens (primary N) is 1. The molecule has 1 atom stereocenters. The number of quaternary nitrogens is 1. The van der Waals surface area contributed by atoms with Crippen molar-refractivity contribution in [1.82, 2.24) is 4.90 Å². The van der Waals surface area contributed by atoms with E-state index in [0.29, 0.717) is 11.3 Å². The predicted octanol–water partition coefficient (Wildman–Crippen LogP) is 1.06. The molecule has 0 bridgehead atoms. The van der Waals surface area contributed by atoms with Crippen LogP contribution in [0.3, 0.4) is 0 Å². The van der Waals surface area contributed by atoms with E-state index < -0.39 is 0 Å². The van der Waals surface area contributed by atoms with Gasteiger partial charge < -0.3 is 33.3 Å². The number of carbonyl (C=O) groups excluding carboxylic acids is 1. The molecule has 0 radical (unpaired) electrons. The van der Waals surface area contributed by atoms with Gasteiger partial charge >= 0.3 is 0 Å². The van der Waals surface area contributed by atoms with Crippen molar-refractivity contribution in [2.45, 2.75) is 58.0 Å². The van der Waals surface area contributed by atoms with Crippen LogP contribution in [0.15, 0.2) is 54.6 Å². The van der Waals surface area contributed by atoms with Gasteiger partial charge in [0.05, 0.1) is 11.6 Å². The molecule has 154 valence electrons. The lowest BCUT2D eigenvalue weighted by atomic mass is 9.88. The SMILES string of the molecule is CCC([NH3+])(CC)CCCN(C(=O)c1ccc(N)cc1)C(C)c1ccccc1.[Br-]. The highest BCUT2D eigenvalue weighted by atomic mass is 79.9. The molecule has 0 aliphatic heterocycles. The maximum Gasteiger partial charge on any atom is 0.254 e. The van der Waals surface area contributed by atoms with E-state index in [0.717, 1.165) is 37.8 Å². The van der Waals surface area contributed by atoms with E-state index in [-0.39, 0.29) is 34.5 Å². The van der Waals surface area contributed by atoms with Crippen LogP contribution in [0.25, 0.3) is 0 Å². The van der Waals surface area contributed by atoms with Gasteiger partial charge in [-0.25, -0.2) is 0 Å². The minimum absolute atomic E-state index is 0. The van der Waals surface area contributed by atoms with Crippen molar-refractivity contribution in [2.24, 2.45) is 0 Å². The van der Waals surface area contributed by atoms with Crippen LogP contribution >= 0.6 is 0 Å². The summed E-state index contributed by atoms with van der Waals surface area (Å²) in [5.74, 6) is 0.0500. The smallest absolute Gasteiger partial charge is 0.254 e. The van der Waals surface area contributed by atoms with Gasteiger partial charge in [-0.1, -0.05) is 44.2 Å². The molecule has 0 aliphatic rings. The number of halogens is 1. The van der Waals surface area contributed by atoms with Crippen LogP contribution in [-0.2, 0) is 0 Å². The minimum Gasteiger partial charge on any atom is -1.00 e. The standard InChI is InChI=1S/C23H33N3O.BrH/c1-4-23(25,5-2)16-9-17-26(18(3)19-10-7-6-8-11-19)22(27)20-12-14-21(24)15-13-20;/h6-8,10-15,18H,4-5,9,16-17,24-25H2,1-3H3;1H. The van der Waals surface area contributed by atoms with Crippen molar-refractivity contribution < 1.29 is 27.5 Å². The van der Waals surface area contributed by atoms with Crippen molar-refractivity contribution in [3.8, 4) is 0 Å². The normalized spacial score (nSPS) is 12.1. The third kappa shape index (κ3) is 6.35. The fourth-order valence-corrected chi connectivity index (χ4v) is 3.40. The van der Waals surface area contributed by atoms with Crippen molar-refractivity contribution in [3.63, 3.8) is 0 Å². The van der Waals surface area contributed by atoms with Crippen molar-refractivity contribution in [3.05, 3.63) is 65.7 Å². The fourth-order valence-electron chi connectivity index (χ4n) is 3.40. The zero-order valence-corrected chi connectivity index (χ0v) is 18.9. The van der Waals surface area contributed by atoms with Crippen molar-refractivity contribution in [1.29, 1.82) is 0 Å². The molecule has 0 spiro atoms. The largest absolute Gasteiger partial charge is 1.00 e. The third-order valence-corrected chi connectivity index (χ3v) is 5.77. The first kappa shape index (κ1) is 24.2. The number of amides is 1. The summed E-state index contributed by atoms with van der Waals surface area (Å²) in [6, 6.07) is 17.4. The first-order chi connectivity index (χ1) is 12.9. The topological polar surface area (TPSA) is 74.0 Å². The molecule has 1 unspecified atom stereocenters. The Hall–Kier alpha value is -1.85. The number of anilines is 1. The van der Waals surface area contributed by atoms with Crippen molar-refractivity contribution in [2.75, 3.05) is 12.3 Å². The maximum absolute atomic E-state index is 13.2. The molecule has 0 fully saturated rings. The van der Waals surface area contributed by atoms with E-state index in [9.17, 15) is 4.79 Å². The molecule has 2 aromatic rings. The Bertz CT molecular complexity index is 714. The Morgan fingerprint density at radius 3 is 2.18 bits per heavy atom. The van der Waals surface area contributed by atoms with Gasteiger partial charge in [-0.2, -0.15) is 0 Å². The molecule has 0 heterocycles. The molecular formula is C23H34BrN3O. The van der Waals surface area contributed by atoms with Crippen LogP contribution in [0.4, 0.5) is 5.69 Å². The van der Waals surface area contributed by atoms with Crippen LogP contribution in [0, 0.1) is 0 Å². The number of benzene rings is 2. The second kappa shape index (κ2) is 11.2. The molecule has 28 heavy (non-hydrogen) atoms. The van der Waals surface area contributed by atoms with Gasteiger partial charge in [0.25, 0.3) is 5.91 Å². The Morgan fingerprint density at radius 2 is 1.64 bits per heavy atom. The Labute approximate surface area is 180 Å². The minimum atomic E-state index is 0. The van der Waals surface area contributed by atoms with Crippen LogP contribution in [0.2, 0.25) is 0 Å². The molecule has 4 nitrogen and oxygen atoms in total. The Balaban J connectivity index is 0.00000392. The van der Waals surface area contributed by atoms with Gasteiger partial charge in [0.2, 0.25) is 0 Å². The summed E-state index contributed by atoms with van der Waals surface area (Å²) in [7, 11) is 0. The summed E-state index contributed by atoms with van der Waals surface area (Å²) >= 11 is 0. The Kier molecular flexibility index (Phi) is 9.70. The maximum atomic E-state index is 13.2. The van der Waals surface area contributed by atoms with E-state index in [1.54, 1.807) is 12.1 Å². The van der Waals surface area contributed by atoms with Crippen LogP contribution in [0.5, 0.6) is 0 Å². The molecule has 2 rings (SSSR count). The first-order valence-corrected chi connectivity index (χ1v) is 9.97. The molecule has 5 N–H and O–H groups in total. The second-order valence-corrected chi connectivity index (χ2v) is 7.52. The molecule has 0 saturated heterocycles. The van der Waals surface area contributed by atoms with Gasteiger partial charge in [-0.15, -0.1) is 0 Å². The molecule has 1 amide bonds. The highest BCUT2D eigenvalue weighted by Gasteiger charge is 2.27. The summed E-state index contributed by atoms with van der Waals surface area (Å²) in [5, 5.41) is 0. The Morgan fingerprint density at radius 1 is 1.07 bits per heavy atom. The highest BCUT2D eigenvalue weighted by molar-refractivity contribution is 5.94. The number of hydrogen-bond donors (Lipinski definition) is 2.